The highest BCUT2D eigenvalue weighted by Crippen LogP contribution is 2.35. The van der Waals surface area contributed by atoms with Gasteiger partial charge in [-0.2, -0.15) is 0 Å². The molecular weight excluding hydrogens is 427 g/mol. The van der Waals surface area contributed by atoms with Crippen LogP contribution in [0, 0.1) is 18.2 Å². The number of allylic oxidation sites excluding steroid dienone is 1. The predicted molar refractivity (Wildman–Crippen MR) is 121 cm³/mol. The number of terminal acetylenes is 1. The van der Waals surface area contributed by atoms with Crippen molar-refractivity contribution in [2.75, 3.05) is 18.1 Å². The Morgan fingerprint density at radius 2 is 2.00 bits per heavy atom. The number of halogens is 1. The van der Waals surface area contributed by atoms with Crippen LogP contribution in [-0.2, 0) is 16.0 Å². The van der Waals surface area contributed by atoms with Crippen LogP contribution in [0.25, 0.3) is 6.08 Å². The molecule has 33 heavy (non-hydrogen) atoms. The molecule has 7 nitrogen and oxygen atoms in total. The summed E-state index contributed by atoms with van der Waals surface area (Å²) in [4.78, 5) is 38.5. The molecule has 0 radical (unpaired) electrons. The molecule has 1 fully saturated rings. The number of urea groups is 1. The number of imide groups is 2. The van der Waals surface area contributed by atoms with Crippen LogP contribution in [-0.4, -0.2) is 31.1 Å². The number of hydrogen-bond acceptors (Lipinski definition) is 5. The van der Waals surface area contributed by atoms with Crippen molar-refractivity contribution in [3.05, 3.63) is 71.6 Å². The standard InChI is InChI=1S/C25H21FN2O5/c1-4-8-17-12-16(14-21(32-6-3)22(17)33-11-5-2)13-20-23(29)27-25(31)28(24(20)30)19-10-7-9-18(26)15-19/h2,4,7,9-10,12-15H,1,6,8,11H2,3H3,(H,27,29,31)/b20-13+. The molecule has 1 heterocycles. The summed E-state index contributed by atoms with van der Waals surface area (Å²) < 4.78 is 25.0. The number of hydrogen-bond donors (Lipinski definition) is 1. The summed E-state index contributed by atoms with van der Waals surface area (Å²) in [6.45, 7) is 5.89. The van der Waals surface area contributed by atoms with E-state index in [-0.39, 0.29) is 17.9 Å². The number of barbiturate groups is 1. The maximum absolute atomic E-state index is 13.7. The summed E-state index contributed by atoms with van der Waals surface area (Å²) >= 11 is 0. The normalized spacial score (nSPS) is 14.6. The lowest BCUT2D eigenvalue weighted by molar-refractivity contribution is -0.122. The fourth-order valence-electron chi connectivity index (χ4n) is 3.29. The van der Waals surface area contributed by atoms with Crippen molar-refractivity contribution in [2.45, 2.75) is 13.3 Å². The number of nitrogens with one attached hydrogen (secondary N) is 1. The molecule has 0 atom stereocenters. The molecule has 0 saturated carbocycles. The maximum atomic E-state index is 13.7. The first-order valence-corrected chi connectivity index (χ1v) is 10.0. The Labute approximate surface area is 190 Å². The van der Waals surface area contributed by atoms with Gasteiger partial charge in [0.25, 0.3) is 11.8 Å². The van der Waals surface area contributed by atoms with Crippen molar-refractivity contribution in [1.29, 1.82) is 0 Å². The number of nitrogens with zero attached hydrogens (tertiary/aromatic N) is 1. The van der Waals surface area contributed by atoms with Gasteiger partial charge in [-0.25, -0.2) is 14.1 Å². The smallest absolute Gasteiger partial charge is 0.335 e. The predicted octanol–water partition coefficient (Wildman–Crippen LogP) is 3.63. The first-order valence-electron chi connectivity index (χ1n) is 10.0. The molecule has 168 valence electrons. The number of ether oxygens (including phenoxy) is 2. The highest BCUT2D eigenvalue weighted by atomic mass is 19.1. The van der Waals surface area contributed by atoms with Gasteiger partial charge in [-0.15, -0.1) is 13.0 Å². The van der Waals surface area contributed by atoms with E-state index in [0.717, 1.165) is 6.07 Å². The van der Waals surface area contributed by atoms with Gasteiger partial charge in [0.05, 0.1) is 12.3 Å². The van der Waals surface area contributed by atoms with Gasteiger partial charge >= 0.3 is 6.03 Å². The van der Waals surface area contributed by atoms with Crippen LogP contribution in [0.15, 0.2) is 54.6 Å². The van der Waals surface area contributed by atoms with E-state index in [1.54, 1.807) is 25.1 Å². The van der Waals surface area contributed by atoms with Crippen LogP contribution in [0.1, 0.15) is 18.1 Å². The van der Waals surface area contributed by atoms with Gasteiger partial charge in [0, 0.05) is 5.56 Å². The summed E-state index contributed by atoms with van der Waals surface area (Å²) in [5.41, 5.74) is 0.828. The largest absolute Gasteiger partial charge is 0.490 e. The lowest BCUT2D eigenvalue weighted by Crippen LogP contribution is -2.54. The second kappa shape index (κ2) is 10.3. The molecule has 1 aliphatic heterocycles. The second-order valence-electron chi connectivity index (χ2n) is 6.86. The highest BCUT2D eigenvalue weighted by molar-refractivity contribution is 6.39. The molecule has 0 aromatic heterocycles. The Morgan fingerprint density at radius 1 is 1.21 bits per heavy atom. The molecular formula is C25H21FN2O5. The van der Waals surface area contributed by atoms with E-state index >= 15 is 0 Å². The molecule has 2 aromatic carbocycles. The average molecular weight is 448 g/mol. The molecule has 1 aliphatic rings. The Morgan fingerprint density at radius 3 is 2.67 bits per heavy atom. The van der Waals surface area contributed by atoms with Crippen molar-refractivity contribution < 1.29 is 28.2 Å². The Bertz CT molecular complexity index is 1200. The lowest BCUT2D eigenvalue weighted by atomic mass is 10.0. The Kier molecular flexibility index (Phi) is 7.26. The molecule has 4 amide bonds. The zero-order chi connectivity index (χ0) is 24.0. The molecule has 0 aliphatic carbocycles. The molecule has 0 bridgehead atoms. The van der Waals surface area contributed by atoms with Crippen molar-refractivity contribution in [3.8, 4) is 23.8 Å². The zero-order valence-corrected chi connectivity index (χ0v) is 17.9. The van der Waals surface area contributed by atoms with E-state index in [9.17, 15) is 18.8 Å². The monoisotopic (exact) mass is 448 g/mol. The Balaban J connectivity index is 2.08. The van der Waals surface area contributed by atoms with Crippen LogP contribution < -0.4 is 19.7 Å². The number of carbonyl (C=O) groups is 3. The highest BCUT2D eigenvalue weighted by Gasteiger charge is 2.37. The topological polar surface area (TPSA) is 84.9 Å². The van der Waals surface area contributed by atoms with E-state index < -0.39 is 23.7 Å². The van der Waals surface area contributed by atoms with Crippen LogP contribution in [0.3, 0.4) is 0 Å². The number of amides is 4. The zero-order valence-electron chi connectivity index (χ0n) is 17.9. The van der Waals surface area contributed by atoms with E-state index in [1.165, 1.54) is 24.3 Å². The van der Waals surface area contributed by atoms with Crippen LogP contribution >= 0.6 is 0 Å². The van der Waals surface area contributed by atoms with Gasteiger partial charge in [0.2, 0.25) is 0 Å². The third-order valence-electron chi connectivity index (χ3n) is 4.60. The third-order valence-corrected chi connectivity index (χ3v) is 4.60. The number of carbonyl (C=O) groups excluding carboxylic acids is 3. The lowest BCUT2D eigenvalue weighted by Gasteiger charge is -2.26. The van der Waals surface area contributed by atoms with Gasteiger partial charge in [-0.3, -0.25) is 14.9 Å². The summed E-state index contributed by atoms with van der Waals surface area (Å²) in [6, 6.07) is 7.28. The molecule has 0 spiro atoms. The average Bonchev–Trinajstić information content (AvgIpc) is 2.76. The summed E-state index contributed by atoms with van der Waals surface area (Å²) in [7, 11) is 0. The second-order valence-corrected chi connectivity index (χ2v) is 6.86. The van der Waals surface area contributed by atoms with E-state index in [0.29, 0.717) is 40.6 Å². The van der Waals surface area contributed by atoms with Gasteiger partial charge < -0.3 is 9.47 Å². The van der Waals surface area contributed by atoms with E-state index in [4.69, 9.17) is 15.9 Å². The number of benzene rings is 2. The minimum Gasteiger partial charge on any atom is -0.490 e. The van der Waals surface area contributed by atoms with Crippen LogP contribution in [0.5, 0.6) is 11.5 Å². The van der Waals surface area contributed by atoms with Gasteiger partial charge in [0.15, 0.2) is 11.5 Å². The molecule has 0 unspecified atom stereocenters. The minimum atomic E-state index is -0.965. The number of anilines is 1. The summed E-state index contributed by atoms with van der Waals surface area (Å²) in [5, 5.41) is 2.11. The van der Waals surface area contributed by atoms with Gasteiger partial charge in [-0.05, 0) is 55.3 Å². The fraction of sp³-hybridized carbons (Fsp3) is 0.160. The molecule has 1 N–H and O–H groups in total. The third kappa shape index (κ3) is 5.10. The maximum Gasteiger partial charge on any atom is 0.335 e. The molecule has 2 aromatic rings. The quantitative estimate of drug-likeness (QED) is 0.289. The Hall–Kier alpha value is -4.38. The van der Waals surface area contributed by atoms with Crippen LogP contribution in [0.4, 0.5) is 14.9 Å². The van der Waals surface area contributed by atoms with E-state index in [2.05, 4.69) is 17.8 Å². The SMILES string of the molecule is C#CCOc1c(CC=C)cc(/C=C2\C(=O)NC(=O)N(c3cccc(F)c3)C2=O)cc1OCC. The van der Waals surface area contributed by atoms with Gasteiger partial charge in [-0.1, -0.05) is 18.1 Å². The van der Waals surface area contributed by atoms with Crippen molar-refractivity contribution in [2.24, 2.45) is 0 Å². The van der Waals surface area contributed by atoms with Crippen LogP contribution in [0.2, 0.25) is 0 Å². The summed E-state index contributed by atoms with van der Waals surface area (Å²) in [5.74, 6) is 0.829. The molecule has 1 saturated heterocycles. The van der Waals surface area contributed by atoms with E-state index in [1.807, 2.05) is 0 Å². The van der Waals surface area contributed by atoms with Crippen molar-refractivity contribution in [1.82, 2.24) is 5.32 Å². The minimum absolute atomic E-state index is 0.00344. The van der Waals surface area contributed by atoms with Gasteiger partial charge in [0.1, 0.15) is 18.0 Å². The molecule has 8 heteroatoms. The fourth-order valence-corrected chi connectivity index (χ4v) is 3.29. The molecule has 3 rings (SSSR count). The van der Waals surface area contributed by atoms with Crippen molar-refractivity contribution in [3.63, 3.8) is 0 Å². The number of rotatable bonds is 8. The first-order chi connectivity index (χ1) is 15.9. The summed E-state index contributed by atoms with van der Waals surface area (Å²) in [6.07, 6.45) is 8.70. The van der Waals surface area contributed by atoms with Crippen molar-refractivity contribution >= 4 is 29.6 Å². The first kappa shape index (κ1) is 23.3.